The number of methoxy groups -OCH3 is 1. The summed E-state index contributed by atoms with van der Waals surface area (Å²) in [7, 11) is 1.65. The maximum Gasteiger partial charge on any atom is 0.234 e. The first-order chi connectivity index (χ1) is 13.5. The highest BCUT2D eigenvalue weighted by molar-refractivity contribution is 7.99. The van der Waals surface area contributed by atoms with Gasteiger partial charge in [-0.15, -0.1) is 10.2 Å². The largest absolute Gasteiger partial charge is 0.469 e. The molecule has 0 spiro atoms. The molecular formula is C20H24N4O3S. The van der Waals surface area contributed by atoms with E-state index in [9.17, 15) is 4.79 Å². The summed E-state index contributed by atoms with van der Waals surface area (Å²) in [6.07, 6.45) is 1.63. The van der Waals surface area contributed by atoms with Crippen molar-refractivity contribution in [3.8, 4) is 11.4 Å². The minimum atomic E-state index is -0.0840. The predicted octanol–water partition coefficient (Wildman–Crippen LogP) is 3.84. The fourth-order valence-electron chi connectivity index (χ4n) is 2.87. The van der Waals surface area contributed by atoms with E-state index in [-0.39, 0.29) is 11.7 Å². The number of nitrogens with zero attached hydrogens (tertiary/aromatic N) is 3. The van der Waals surface area contributed by atoms with Crippen LogP contribution >= 0.6 is 11.8 Å². The summed E-state index contributed by atoms with van der Waals surface area (Å²) in [6.45, 7) is 7.00. The molecule has 8 heteroatoms. The number of hydrogen-bond donors (Lipinski definition) is 1. The number of benzene rings is 1. The van der Waals surface area contributed by atoms with Crippen LogP contribution < -0.4 is 5.32 Å². The van der Waals surface area contributed by atoms with Gasteiger partial charge in [-0.2, -0.15) is 0 Å². The fraction of sp³-hybridized carbons (Fsp3) is 0.350. The Balaban J connectivity index is 1.72. The molecule has 0 aliphatic carbocycles. The first-order valence-corrected chi connectivity index (χ1v) is 9.94. The van der Waals surface area contributed by atoms with Gasteiger partial charge in [0.1, 0.15) is 5.76 Å². The SMILES string of the molecule is COCCn1c(SCC(=O)Nc2ccc(C)cc2C)nnc1-c1ccoc1C. The number of thioether (sulfide) groups is 1. The highest BCUT2D eigenvalue weighted by atomic mass is 32.2. The maximum atomic E-state index is 12.4. The van der Waals surface area contributed by atoms with E-state index in [1.807, 2.05) is 49.6 Å². The van der Waals surface area contributed by atoms with Crippen LogP contribution in [0.5, 0.6) is 0 Å². The van der Waals surface area contributed by atoms with Crippen molar-refractivity contribution in [2.45, 2.75) is 32.5 Å². The molecule has 2 aromatic heterocycles. The second-order valence-electron chi connectivity index (χ2n) is 6.50. The lowest BCUT2D eigenvalue weighted by Crippen LogP contribution is -2.16. The van der Waals surface area contributed by atoms with Crippen LogP contribution in [0.25, 0.3) is 11.4 Å². The van der Waals surface area contributed by atoms with Gasteiger partial charge < -0.3 is 14.5 Å². The topological polar surface area (TPSA) is 82.2 Å². The van der Waals surface area contributed by atoms with Gasteiger partial charge in [0.15, 0.2) is 11.0 Å². The van der Waals surface area contributed by atoms with Crippen molar-refractivity contribution < 1.29 is 13.9 Å². The van der Waals surface area contributed by atoms with Crippen LogP contribution in [0.1, 0.15) is 16.9 Å². The minimum absolute atomic E-state index is 0.0840. The van der Waals surface area contributed by atoms with Gasteiger partial charge in [-0.3, -0.25) is 9.36 Å². The molecule has 1 N–H and O–H groups in total. The number of ether oxygens (including phenoxy) is 1. The van der Waals surface area contributed by atoms with Gasteiger partial charge in [-0.25, -0.2) is 0 Å². The molecule has 0 aliphatic heterocycles. The number of amides is 1. The zero-order valence-corrected chi connectivity index (χ0v) is 17.3. The lowest BCUT2D eigenvalue weighted by atomic mass is 10.1. The number of carbonyl (C=O) groups is 1. The summed E-state index contributed by atoms with van der Waals surface area (Å²) < 4.78 is 12.6. The Kier molecular flexibility index (Phi) is 6.53. The standard InChI is InChI=1S/C20H24N4O3S/c1-13-5-6-17(14(2)11-13)21-18(25)12-28-20-23-22-19(24(20)8-10-26-4)16-7-9-27-15(16)3/h5-7,9,11H,8,10,12H2,1-4H3,(H,21,25). The quantitative estimate of drug-likeness (QED) is 0.579. The molecule has 148 valence electrons. The number of furan rings is 1. The van der Waals surface area contributed by atoms with Crippen LogP contribution in [0.4, 0.5) is 5.69 Å². The molecule has 2 heterocycles. The number of aryl methyl sites for hydroxylation is 3. The lowest BCUT2D eigenvalue weighted by Gasteiger charge is -2.10. The minimum Gasteiger partial charge on any atom is -0.469 e. The molecule has 0 saturated carbocycles. The average molecular weight is 401 g/mol. The van der Waals surface area contributed by atoms with Crippen molar-refractivity contribution in [2.75, 3.05) is 24.8 Å². The number of carbonyl (C=O) groups excluding carboxylic acids is 1. The lowest BCUT2D eigenvalue weighted by molar-refractivity contribution is -0.113. The Morgan fingerprint density at radius 3 is 2.75 bits per heavy atom. The highest BCUT2D eigenvalue weighted by Crippen LogP contribution is 2.27. The van der Waals surface area contributed by atoms with Gasteiger partial charge >= 0.3 is 0 Å². The second-order valence-corrected chi connectivity index (χ2v) is 7.44. The summed E-state index contributed by atoms with van der Waals surface area (Å²) in [5.41, 5.74) is 3.92. The van der Waals surface area contributed by atoms with Gasteiger partial charge in [0.05, 0.1) is 30.7 Å². The molecule has 3 aromatic rings. The molecule has 0 unspecified atom stereocenters. The molecule has 28 heavy (non-hydrogen) atoms. The Morgan fingerprint density at radius 2 is 2.07 bits per heavy atom. The fourth-order valence-corrected chi connectivity index (χ4v) is 3.63. The summed E-state index contributed by atoms with van der Waals surface area (Å²) in [6, 6.07) is 7.82. The van der Waals surface area contributed by atoms with Crippen LogP contribution in [0.3, 0.4) is 0 Å². The van der Waals surface area contributed by atoms with E-state index >= 15 is 0 Å². The number of anilines is 1. The van der Waals surface area contributed by atoms with E-state index < -0.39 is 0 Å². The molecule has 0 fully saturated rings. The van der Waals surface area contributed by atoms with Gasteiger partial charge in [0.2, 0.25) is 5.91 Å². The van der Waals surface area contributed by atoms with Crippen LogP contribution in [0, 0.1) is 20.8 Å². The first-order valence-electron chi connectivity index (χ1n) is 8.96. The van der Waals surface area contributed by atoms with Crippen LogP contribution in [-0.2, 0) is 16.1 Å². The van der Waals surface area contributed by atoms with Crippen molar-refractivity contribution in [2.24, 2.45) is 0 Å². The van der Waals surface area contributed by atoms with E-state index in [2.05, 4.69) is 15.5 Å². The molecule has 7 nitrogen and oxygen atoms in total. The molecule has 1 aromatic carbocycles. The molecule has 0 radical (unpaired) electrons. The van der Waals surface area contributed by atoms with Crippen molar-refractivity contribution in [3.05, 3.63) is 47.4 Å². The highest BCUT2D eigenvalue weighted by Gasteiger charge is 2.18. The van der Waals surface area contributed by atoms with Crippen molar-refractivity contribution in [3.63, 3.8) is 0 Å². The van der Waals surface area contributed by atoms with E-state index in [4.69, 9.17) is 9.15 Å². The normalized spacial score (nSPS) is 11.0. The third-order valence-electron chi connectivity index (χ3n) is 4.32. The van der Waals surface area contributed by atoms with Crippen LogP contribution in [0.15, 0.2) is 40.1 Å². The molecule has 3 rings (SSSR count). The monoisotopic (exact) mass is 400 g/mol. The summed E-state index contributed by atoms with van der Waals surface area (Å²) in [4.78, 5) is 12.4. The van der Waals surface area contributed by atoms with E-state index in [1.165, 1.54) is 11.8 Å². The van der Waals surface area contributed by atoms with Crippen molar-refractivity contribution in [1.82, 2.24) is 14.8 Å². The molecule has 1 amide bonds. The zero-order chi connectivity index (χ0) is 20.1. The van der Waals surface area contributed by atoms with Crippen molar-refractivity contribution >= 4 is 23.4 Å². The summed E-state index contributed by atoms with van der Waals surface area (Å²) >= 11 is 1.35. The Hall–Kier alpha value is -2.58. The van der Waals surface area contributed by atoms with Gasteiger partial charge in [-0.05, 0) is 38.5 Å². The molecule has 0 atom stereocenters. The average Bonchev–Trinajstić information content (AvgIpc) is 3.26. The van der Waals surface area contributed by atoms with E-state index in [0.717, 1.165) is 28.1 Å². The van der Waals surface area contributed by atoms with Crippen LogP contribution in [0.2, 0.25) is 0 Å². The van der Waals surface area contributed by atoms with Gasteiger partial charge in [-0.1, -0.05) is 29.5 Å². The number of hydrogen-bond acceptors (Lipinski definition) is 6. The Labute approximate surface area is 168 Å². The van der Waals surface area contributed by atoms with Crippen molar-refractivity contribution in [1.29, 1.82) is 0 Å². The van der Waals surface area contributed by atoms with Crippen LogP contribution in [-0.4, -0.2) is 40.1 Å². The third-order valence-corrected chi connectivity index (χ3v) is 5.29. The number of rotatable bonds is 8. The van der Waals surface area contributed by atoms with Gasteiger partial charge in [0.25, 0.3) is 0 Å². The van der Waals surface area contributed by atoms with E-state index in [0.29, 0.717) is 24.1 Å². The number of nitrogens with one attached hydrogen (secondary N) is 1. The zero-order valence-electron chi connectivity index (χ0n) is 16.5. The second kappa shape index (κ2) is 9.07. The molecule has 0 saturated heterocycles. The maximum absolute atomic E-state index is 12.4. The first kappa shape index (κ1) is 20.2. The van der Waals surface area contributed by atoms with Gasteiger partial charge in [0, 0.05) is 12.8 Å². The van der Waals surface area contributed by atoms with E-state index in [1.54, 1.807) is 13.4 Å². The predicted molar refractivity (Wildman–Crippen MR) is 110 cm³/mol. The smallest absolute Gasteiger partial charge is 0.234 e. The summed E-state index contributed by atoms with van der Waals surface area (Å²) in [5, 5.41) is 12.2. The molecule has 0 bridgehead atoms. The summed E-state index contributed by atoms with van der Waals surface area (Å²) in [5.74, 6) is 1.64. The molecular weight excluding hydrogens is 376 g/mol. The molecule has 0 aliphatic rings. The Morgan fingerprint density at radius 1 is 1.25 bits per heavy atom. The Bertz CT molecular complexity index is 964. The number of aromatic nitrogens is 3. The third kappa shape index (κ3) is 4.63.